The Bertz CT molecular complexity index is 698. The van der Waals surface area contributed by atoms with E-state index in [1.807, 2.05) is 0 Å². The Hall–Kier alpha value is -1.99. The van der Waals surface area contributed by atoms with Crippen molar-refractivity contribution in [3.05, 3.63) is 58.4 Å². The van der Waals surface area contributed by atoms with Crippen LogP contribution in [0, 0.1) is 47.6 Å². The molecule has 0 atom stereocenters. The predicted octanol–water partition coefficient (Wildman–Crippen LogP) is 2.36. The summed E-state index contributed by atoms with van der Waals surface area (Å²) in [4.78, 5) is 0. The summed E-state index contributed by atoms with van der Waals surface area (Å²) in [5.74, 6) is -11.0. The van der Waals surface area contributed by atoms with E-state index in [0.29, 0.717) is 6.07 Å². The van der Waals surface area contributed by atoms with E-state index in [9.17, 15) is 30.7 Å². The van der Waals surface area contributed by atoms with Gasteiger partial charge < -0.3 is 0 Å². The summed E-state index contributed by atoms with van der Waals surface area (Å²) in [5.41, 5.74) is -2.77. The summed E-state index contributed by atoms with van der Waals surface area (Å²) in [5, 5.41) is 0. The lowest BCUT2D eigenvalue weighted by Crippen LogP contribution is -2.37. The molecule has 0 aromatic heterocycles. The van der Waals surface area contributed by atoms with Crippen molar-refractivity contribution < 1.29 is 30.7 Å². The van der Waals surface area contributed by atoms with Crippen LogP contribution < -0.4 is 10.9 Å². The van der Waals surface area contributed by atoms with Crippen molar-refractivity contribution in [1.29, 1.82) is 0 Å². The van der Waals surface area contributed by atoms with Gasteiger partial charge in [-0.2, -0.15) is 0 Å². The summed E-state index contributed by atoms with van der Waals surface area (Å²) < 4.78 is 93.4. The lowest BCUT2D eigenvalue weighted by atomic mass is 9.63. The molecule has 0 saturated heterocycles. The second-order valence-electron chi connectivity index (χ2n) is 4.40. The van der Waals surface area contributed by atoms with Crippen molar-refractivity contribution in [3.63, 3.8) is 0 Å². The lowest BCUT2D eigenvalue weighted by molar-refractivity contribution is 0.454. The Labute approximate surface area is 115 Å². The zero-order valence-corrected chi connectivity index (χ0v) is 10.5. The molecule has 0 saturated carbocycles. The van der Waals surface area contributed by atoms with Crippen molar-refractivity contribution in [3.8, 4) is 0 Å². The highest BCUT2D eigenvalue weighted by atomic mass is 19.2. The number of hydrogen-bond donors (Lipinski definition) is 0. The monoisotopic (exact) mass is 306 g/mol. The van der Waals surface area contributed by atoms with Crippen LogP contribution in [0.3, 0.4) is 0 Å². The molecular weight excluding hydrogens is 300 g/mol. The van der Waals surface area contributed by atoms with Crippen LogP contribution in [0.15, 0.2) is 12.1 Å². The quantitative estimate of drug-likeness (QED) is 0.454. The van der Waals surface area contributed by atoms with Gasteiger partial charge in [-0.25, -0.2) is 30.7 Å². The molecule has 0 unspecified atom stereocenters. The van der Waals surface area contributed by atoms with E-state index >= 15 is 0 Å². The minimum absolute atomic E-state index is 0.238. The van der Waals surface area contributed by atoms with E-state index in [4.69, 9.17) is 0 Å². The zero-order chi connectivity index (χ0) is 15.9. The highest BCUT2D eigenvalue weighted by Crippen LogP contribution is 2.16. The Morgan fingerprint density at radius 2 is 1.24 bits per heavy atom. The standard InChI is InChI=1S/C13H6BF7/c1-4-9(17)12(20)8(13(21)10(4)18)14-6-2-5(15)3-7(16)11(6)19/h2-3,14H,1H3. The fourth-order valence-electron chi connectivity index (χ4n) is 1.87. The van der Waals surface area contributed by atoms with Gasteiger partial charge >= 0.3 is 0 Å². The molecular formula is C13H6BF7. The van der Waals surface area contributed by atoms with E-state index < -0.39 is 64.5 Å². The predicted molar refractivity (Wildman–Crippen MR) is 63.7 cm³/mol. The van der Waals surface area contributed by atoms with Gasteiger partial charge in [-0.1, -0.05) is 0 Å². The molecule has 0 radical (unpaired) electrons. The summed E-state index contributed by atoms with van der Waals surface area (Å²) in [7, 11) is -1.04. The van der Waals surface area contributed by atoms with E-state index in [2.05, 4.69) is 0 Å². The van der Waals surface area contributed by atoms with Gasteiger partial charge in [0.05, 0.1) is 0 Å². The van der Waals surface area contributed by atoms with Crippen LogP contribution in [-0.4, -0.2) is 7.28 Å². The smallest absolute Gasteiger partial charge is 0.204 e. The lowest BCUT2D eigenvalue weighted by Gasteiger charge is -2.10. The van der Waals surface area contributed by atoms with Crippen LogP contribution in [0.5, 0.6) is 0 Å². The average molecular weight is 306 g/mol. The number of halogens is 7. The maximum Gasteiger partial charge on any atom is 0.204 e. The zero-order valence-electron chi connectivity index (χ0n) is 10.5. The highest BCUT2D eigenvalue weighted by Gasteiger charge is 2.25. The Balaban J connectivity index is 2.60. The first-order valence-electron chi connectivity index (χ1n) is 5.68. The van der Waals surface area contributed by atoms with Gasteiger partial charge in [-0.15, -0.1) is 0 Å². The van der Waals surface area contributed by atoms with Crippen LogP contribution in [0.1, 0.15) is 5.56 Å². The van der Waals surface area contributed by atoms with Gasteiger partial charge in [0, 0.05) is 11.6 Å². The maximum absolute atomic E-state index is 13.6. The summed E-state index contributed by atoms with van der Waals surface area (Å²) in [6.45, 7) is 0.822. The minimum Gasteiger partial charge on any atom is -0.207 e. The topological polar surface area (TPSA) is 0 Å². The molecule has 0 N–H and O–H groups in total. The van der Waals surface area contributed by atoms with Gasteiger partial charge in [-0.3, -0.25) is 0 Å². The summed E-state index contributed by atoms with van der Waals surface area (Å²) in [6.07, 6.45) is 0. The molecule has 2 aromatic rings. The first-order chi connectivity index (χ1) is 9.73. The number of benzene rings is 2. The second kappa shape index (κ2) is 5.42. The van der Waals surface area contributed by atoms with Crippen LogP contribution in [0.2, 0.25) is 0 Å². The third-order valence-electron chi connectivity index (χ3n) is 3.01. The number of hydrogen-bond acceptors (Lipinski definition) is 0. The van der Waals surface area contributed by atoms with Crippen molar-refractivity contribution >= 4 is 18.2 Å². The molecule has 2 aromatic carbocycles. The van der Waals surface area contributed by atoms with Crippen molar-refractivity contribution in [2.45, 2.75) is 6.92 Å². The van der Waals surface area contributed by atoms with E-state index in [0.717, 1.165) is 6.92 Å². The number of rotatable bonds is 2. The molecule has 0 aliphatic carbocycles. The second-order valence-corrected chi connectivity index (χ2v) is 4.40. The molecule has 0 fully saturated rings. The molecule has 2 rings (SSSR count). The van der Waals surface area contributed by atoms with Crippen molar-refractivity contribution in [2.75, 3.05) is 0 Å². The van der Waals surface area contributed by atoms with Gasteiger partial charge in [0.25, 0.3) is 0 Å². The summed E-state index contributed by atoms with van der Waals surface area (Å²) >= 11 is 0. The third-order valence-corrected chi connectivity index (χ3v) is 3.01. The average Bonchev–Trinajstić information content (AvgIpc) is 2.44. The minimum atomic E-state index is -1.73. The molecule has 0 aliphatic heterocycles. The molecule has 0 heterocycles. The Morgan fingerprint density at radius 3 is 1.76 bits per heavy atom. The van der Waals surface area contributed by atoms with Crippen LogP contribution >= 0.6 is 0 Å². The van der Waals surface area contributed by atoms with E-state index in [-0.39, 0.29) is 6.07 Å². The first-order valence-corrected chi connectivity index (χ1v) is 5.68. The maximum atomic E-state index is 13.6. The largest absolute Gasteiger partial charge is 0.207 e. The molecule has 8 heteroatoms. The molecule has 0 aliphatic rings. The van der Waals surface area contributed by atoms with Crippen LogP contribution in [0.25, 0.3) is 0 Å². The molecule has 0 spiro atoms. The third kappa shape index (κ3) is 2.62. The molecule has 0 nitrogen and oxygen atoms in total. The molecule has 21 heavy (non-hydrogen) atoms. The van der Waals surface area contributed by atoms with Crippen molar-refractivity contribution in [1.82, 2.24) is 0 Å². The van der Waals surface area contributed by atoms with Crippen LogP contribution in [-0.2, 0) is 0 Å². The fourth-order valence-corrected chi connectivity index (χ4v) is 1.87. The van der Waals surface area contributed by atoms with E-state index in [1.54, 1.807) is 0 Å². The first kappa shape index (κ1) is 15.4. The van der Waals surface area contributed by atoms with Gasteiger partial charge in [0.2, 0.25) is 7.28 Å². The van der Waals surface area contributed by atoms with Gasteiger partial charge in [-0.05, 0) is 23.9 Å². The normalized spacial score (nSPS) is 10.9. The highest BCUT2D eigenvalue weighted by molar-refractivity contribution is 6.67. The summed E-state index contributed by atoms with van der Waals surface area (Å²) in [6, 6.07) is 0.731. The Kier molecular flexibility index (Phi) is 3.98. The molecule has 0 bridgehead atoms. The SMILES string of the molecule is Cc1c(F)c(F)c(Bc2cc(F)cc(F)c2F)c(F)c1F. The fraction of sp³-hybridized carbons (Fsp3) is 0.0769. The van der Waals surface area contributed by atoms with E-state index in [1.165, 1.54) is 0 Å². The van der Waals surface area contributed by atoms with Crippen LogP contribution in [0.4, 0.5) is 30.7 Å². The Morgan fingerprint density at radius 1 is 0.714 bits per heavy atom. The molecule has 0 amide bonds. The van der Waals surface area contributed by atoms with Gasteiger partial charge in [0.1, 0.15) is 5.82 Å². The van der Waals surface area contributed by atoms with Gasteiger partial charge in [0.15, 0.2) is 34.9 Å². The van der Waals surface area contributed by atoms with Crippen molar-refractivity contribution in [2.24, 2.45) is 0 Å². The molecule has 110 valence electrons.